The lowest BCUT2D eigenvalue weighted by Crippen LogP contribution is -2.42. The van der Waals surface area contributed by atoms with Crippen LogP contribution in [-0.4, -0.2) is 50.7 Å². The van der Waals surface area contributed by atoms with E-state index in [-0.39, 0.29) is 17.8 Å². The van der Waals surface area contributed by atoms with Gasteiger partial charge in [-0.3, -0.25) is 9.59 Å². The van der Waals surface area contributed by atoms with Crippen molar-refractivity contribution >= 4 is 11.9 Å². The molecule has 0 N–H and O–H groups in total. The molecule has 6 nitrogen and oxygen atoms in total. The first kappa shape index (κ1) is 17.1. The van der Waals surface area contributed by atoms with Crippen LogP contribution in [0.2, 0.25) is 0 Å². The number of amides is 1. The molecular formula is C17H23NO5. The Morgan fingerprint density at radius 3 is 2.70 bits per heavy atom. The summed E-state index contributed by atoms with van der Waals surface area (Å²) < 4.78 is 15.6. The highest BCUT2D eigenvalue weighted by molar-refractivity contribution is 5.98. The van der Waals surface area contributed by atoms with Gasteiger partial charge in [-0.15, -0.1) is 0 Å². The van der Waals surface area contributed by atoms with Crippen LogP contribution in [0.1, 0.15) is 30.1 Å². The number of piperidine rings is 1. The maximum atomic E-state index is 12.8. The van der Waals surface area contributed by atoms with Crippen molar-refractivity contribution in [3.05, 3.63) is 23.8 Å². The van der Waals surface area contributed by atoms with E-state index in [1.807, 2.05) is 0 Å². The highest BCUT2D eigenvalue weighted by Crippen LogP contribution is 2.32. The summed E-state index contributed by atoms with van der Waals surface area (Å²) in [7, 11) is 3.04. The first-order valence-electron chi connectivity index (χ1n) is 7.79. The Kier molecular flexibility index (Phi) is 5.84. The van der Waals surface area contributed by atoms with Gasteiger partial charge in [-0.25, -0.2) is 0 Å². The fraction of sp³-hybridized carbons (Fsp3) is 0.529. The second kappa shape index (κ2) is 7.85. The molecule has 0 saturated carbocycles. The number of methoxy groups -OCH3 is 2. The van der Waals surface area contributed by atoms with Crippen LogP contribution in [0.5, 0.6) is 11.5 Å². The summed E-state index contributed by atoms with van der Waals surface area (Å²) in [6.07, 6.45) is 1.53. The minimum absolute atomic E-state index is 0.158. The van der Waals surface area contributed by atoms with Crippen molar-refractivity contribution in [3.63, 3.8) is 0 Å². The van der Waals surface area contributed by atoms with Crippen LogP contribution < -0.4 is 9.47 Å². The second-order valence-electron chi connectivity index (χ2n) is 5.38. The molecule has 1 aliphatic rings. The van der Waals surface area contributed by atoms with Crippen LogP contribution in [0.3, 0.4) is 0 Å². The van der Waals surface area contributed by atoms with Gasteiger partial charge in [-0.2, -0.15) is 0 Å². The van der Waals surface area contributed by atoms with E-state index in [1.165, 1.54) is 14.2 Å². The molecule has 1 aromatic carbocycles. The molecule has 0 radical (unpaired) electrons. The fourth-order valence-electron chi connectivity index (χ4n) is 2.84. The number of para-hydroxylation sites is 1. The maximum Gasteiger partial charge on any atom is 0.310 e. The minimum atomic E-state index is -0.260. The number of rotatable bonds is 5. The molecule has 0 bridgehead atoms. The smallest absolute Gasteiger partial charge is 0.310 e. The molecule has 1 aliphatic heterocycles. The topological polar surface area (TPSA) is 65.1 Å². The predicted octanol–water partition coefficient (Wildman–Crippen LogP) is 2.12. The fourth-order valence-corrected chi connectivity index (χ4v) is 2.84. The maximum absolute atomic E-state index is 12.8. The molecule has 1 atom stereocenters. The predicted molar refractivity (Wildman–Crippen MR) is 84.8 cm³/mol. The zero-order chi connectivity index (χ0) is 16.8. The molecule has 1 aromatic rings. The number of likely N-dealkylation sites (tertiary alicyclic amines) is 1. The number of nitrogens with zero attached hydrogens (tertiary/aromatic N) is 1. The quantitative estimate of drug-likeness (QED) is 0.777. The minimum Gasteiger partial charge on any atom is -0.493 e. The van der Waals surface area contributed by atoms with Gasteiger partial charge >= 0.3 is 5.97 Å². The third-order valence-electron chi connectivity index (χ3n) is 3.96. The van der Waals surface area contributed by atoms with Crippen LogP contribution in [0, 0.1) is 5.92 Å². The van der Waals surface area contributed by atoms with Crippen molar-refractivity contribution in [1.82, 2.24) is 4.90 Å². The molecule has 1 heterocycles. The van der Waals surface area contributed by atoms with Crippen molar-refractivity contribution in [2.24, 2.45) is 5.92 Å². The largest absolute Gasteiger partial charge is 0.493 e. The number of carbonyl (C=O) groups excluding carboxylic acids is 2. The van der Waals surface area contributed by atoms with E-state index >= 15 is 0 Å². The molecule has 0 aliphatic carbocycles. The summed E-state index contributed by atoms with van der Waals surface area (Å²) in [6, 6.07) is 5.20. The molecule has 1 unspecified atom stereocenters. The van der Waals surface area contributed by atoms with Crippen LogP contribution in [0.15, 0.2) is 18.2 Å². The van der Waals surface area contributed by atoms with E-state index in [0.29, 0.717) is 36.8 Å². The number of ether oxygens (including phenoxy) is 3. The molecule has 2 rings (SSSR count). The second-order valence-corrected chi connectivity index (χ2v) is 5.38. The standard InChI is InChI=1S/C17H23NO5/c1-4-23-17(20)12-7-6-10-18(11-12)16(19)13-8-5-9-14(21-2)15(13)22-3/h5,8-9,12H,4,6-7,10-11H2,1-3H3. The van der Waals surface area contributed by atoms with Crippen LogP contribution in [0.4, 0.5) is 0 Å². The summed E-state index contributed by atoms with van der Waals surface area (Å²) in [5.41, 5.74) is 0.441. The highest BCUT2D eigenvalue weighted by Gasteiger charge is 2.31. The zero-order valence-electron chi connectivity index (χ0n) is 13.8. The third kappa shape index (κ3) is 3.75. The molecule has 0 aromatic heterocycles. The van der Waals surface area contributed by atoms with E-state index in [0.717, 1.165) is 12.8 Å². The Bertz CT molecular complexity index is 572. The van der Waals surface area contributed by atoms with Crippen LogP contribution in [-0.2, 0) is 9.53 Å². The van der Waals surface area contributed by atoms with Gasteiger partial charge < -0.3 is 19.1 Å². The van der Waals surface area contributed by atoms with Crippen LogP contribution in [0.25, 0.3) is 0 Å². The van der Waals surface area contributed by atoms with E-state index in [1.54, 1.807) is 30.0 Å². The molecule has 23 heavy (non-hydrogen) atoms. The SMILES string of the molecule is CCOC(=O)C1CCCN(C(=O)c2cccc(OC)c2OC)C1. The summed E-state index contributed by atoms with van der Waals surface area (Å²) >= 11 is 0. The number of benzene rings is 1. The van der Waals surface area contributed by atoms with Gasteiger partial charge in [0, 0.05) is 13.1 Å². The van der Waals surface area contributed by atoms with Gasteiger partial charge in [0.2, 0.25) is 0 Å². The number of hydrogen-bond donors (Lipinski definition) is 0. The first-order valence-corrected chi connectivity index (χ1v) is 7.79. The van der Waals surface area contributed by atoms with Gasteiger partial charge in [0.05, 0.1) is 32.3 Å². The van der Waals surface area contributed by atoms with E-state index in [4.69, 9.17) is 14.2 Å². The van der Waals surface area contributed by atoms with Gasteiger partial charge in [-0.1, -0.05) is 6.07 Å². The van der Waals surface area contributed by atoms with Crippen molar-refractivity contribution < 1.29 is 23.8 Å². The van der Waals surface area contributed by atoms with Crippen molar-refractivity contribution in [1.29, 1.82) is 0 Å². The Balaban J connectivity index is 2.18. The Hall–Kier alpha value is -2.24. The summed E-state index contributed by atoms with van der Waals surface area (Å²) in [5, 5.41) is 0. The van der Waals surface area contributed by atoms with Crippen molar-refractivity contribution in [3.8, 4) is 11.5 Å². The lowest BCUT2D eigenvalue weighted by molar-refractivity contribution is -0.149. The Morgan fingerprint density at radius 2 is 2.04 bits per heavy atom. The average molecular weight is 321 g/mol. The Labute approximate surface area is 136 Å². The van der Waals surface area contributed by atoms with Crippen LogP contribution >= 0.6 is 0 Å². The monoisotopic (exact) mass is 321 g/mol. The van der Waals surface area contributed by atoms with Gasteiger partial charge in [0.1, 0.15) is 0 Å². The van der Waals surface area contributed by atoms with E-state index in [2.05, 4.69) is 0 Å². The lowest BCUT2D eigenvalue weighted by atomic mass is 9.97. The summed E-state index contributed by atoms with van der Waals surface area (Å²) in [5.74, 6) is 0.275. The van der Waals surface area contributed by atoms with Crippen molar-refractivity contribution in [2.45, 2.75) is 19.8 Å². The lowest BCUT2D eigenvalue weighted by Gasteiger charge is -2.32. The molecule has 1 amide bonds. The zero-order valence-corrected chi connectivity index (χ0v) is 13.8. The molecule has 126 valence electrons. The number of carbonyl (C=O) groups is 2. The molecule has 1 fully saturated rings. The van der Waals surface area contributed by atoms with Crippen molar-refractivity contribution in [2.75, 3.05) is 33.9 Å². The molecular weight excluding hydrogens is 298 g/mol. The van der Waals surface area contributed by atoms with E-state index < -0.39 is 0 Å². The average Bonchev–Trinajstić information content (AvgIpc) is 2.60. The van der Waals surface area contributed by atoms with Gasteiger partial charge in [0.15, 0.2) is 11.5 Å². The van der Waals surface area contributed by atoms with Gasteiger partial charge in [0.25, 0.3) is 5.91 Å². The number of esters is 1. The summed E-state index contributed by atoms with van der Waals surface area (Å²) in [4.78, 5) is 26.4. The normalized spacial score (nSPS) is 17.5. The molecule has 0 spiro atoms. The number of hydrogen-bond acceptors (Lipinski definition) is 5. The van der Waals surface area contributed by atoms with E-state index in [9.17, 15) is 9.59 Å². The molecule has 1 saturated heterocycles. The summed E-state index contributed by atoms with van der Waals surface area (Å²) in [6.45, 7) is 3.13. The molecule has 6 heteroatoms. The first-order chi connectivity index (χ1) is 11.1. The highest BCUT2D eigenvalue weighted by atomic mass is 16.5. The Morgan fingerprint density at radius 1 is 1.26 bits per heavy atom. The van der Waals surface area contributed by atoms with Gasteiger partial charge in [-0.05, 0) is 31.9 Å². The third-order valence-corrected chi connectivity index (χ3v) is 3.96.